The van der Waals surface area contributed by atoms with Gasteiger partial charge < -0.3 is 77.6 Å². The lowest BCUT2D eigenvalue weighted by Crippen LogP contribution is -2.41. The Balaban J connectivity index is 0.000000302. The zero-order chi connectivity index (χ0) is 94.5. The zero-order valence-electron chi connectivity index (χ0n) is 79.1. The summed E-state index contributed by atoms with van der Waals surface area (Å²) in [6.45, 7) is 43.9. The van der Waals surface area contributed by atoms with Crippen LogP contribution in [0.3, 0.4) is 0 Å². The molecule has 127 heavy (non-hydrogen) atoms. The molecule has 8 N–H and O–H groups in total. The molecule has 0 atom stereocenters. The summed E-state index contributed by atoms with van der Waals surface area (Å²) in [6, 6.07) is 5.47. The molecule has 9 aromatic heterocycles. The first-order valence-electron chi connectivity index (χ1n) is 44.0. The third kappa shape index (κ3) is 42.1. The lowest BCUT2D eigenvalue weighted by Gasteiger charge is -2.36. The first kappa shape index (κ1) is 113. The Morgan fingerprint density at radius 1 is 0.480 bits per heavy atom. The van der Waals surface area contributed by atoms with Crippen molar-refractivity contribution in [2.45, 2.75) is 278 Å². The van der Waals surface area contributed by atoms with Gasteiger partial charge in [-0.15, -0.1) is 0 Å². The van der Waals surface area contributed by atoms with Crippen molar-refractivity contribution in [2.75, 3.05) is 108 Å². The molecule has 13 heterocycles. The van der Waals surface area contributed by atoms with Crippen LogP contribution in [0.15, 0.2) is 92.6 Å². The number of nitrogens with one attached hydrogen (secondary N) is 1. The Labute approximate surface area is 774 Å². The van der Waals surface area contributed by atoms with Crippen LogP contribution in [0.2, 0.25) is 54.4 Å². The van der Waals surface area contributed by atoms with E-state index in [2.05, 4.69) is 225 Å². The third-order valence-electron chi connectivity index (χ3n) is 22.4. The third-order valence-corrected chi connectivity index (χ3v) is 38.1. The number of anilines is 2. The molecule has 0 saturated heterocycles. The average molecular weight is 1980 g/mol. The molecule has 0 saturated carbocycles. The number of hydrogen-bond acceptors (Lipinski definition) is 27. The molecule has 4 aliphatic rings. The number of aromatic nitrogens is 16. The SMILES string of the molecule is CC(=O)CCO.CC(C)(C)[Si](C)(C)OCCc1cn2c(n1)CCCC2.CC(C)(C)[Si](C)(C)OCCc1cn2c(n1)NCCC2.CC(C)(C)[Si](C)(C)OCCc1cn2cccnc2n1.COC(CBr)(CCO)OC.CS(=O)(=O)OCCc1cn2c(n1)CCCC2.Nc1ncccn1.O=C(CBr)CCO.OCCc1cn2c(n1)CCCC2.OCCc1cn2cccnc2n1. The largest absolute Gasteiger partial charge is 0.416 e. The van der Waals surface area contributed by atoms with Gasteiger partial charge in [-0.2, -0.15) is 8.42 Å². The summed E-state index contributed by atoms with van der Waals surface area (Å²) in [4.78, 5) is 62.6. The topological polar surface area (TPSA) is 420 Å². The fourth-order valence-electron chi connectivity index (χ4n) is 11.8. The van der Waals surface area contributed by atoms with Crippen molar-refractivity contribution in [1.29, 1.82) is 0 Å². The molecule has 39 heteroatoms. The Bertz CT molecular complexity index is 4440. The number of halogens is 2. The number of hydrogen-bond donors (Lipinski definition) is 7. The van der Waals surface area contributed by atoms with E-state index in [0.717, 1.165) is 143 Å². The Morgan fingerprint density at radius 2 is 0.850 bits per heavy atom. The van der Waals surface area contributed by atoms with Gasteiger partial charge in [0.05, 0.1) is 57.7 Å². The van der Waals surface area contributed by atoms with Crippen molar-refractivity contribution in [3.8, 4) is 0 Å². The predicted octanol–water partition coefficient (Wildman–Crippen LogP) is 13.2. The molecule has 0 radical (unpaired) electrons. The van der Waals surface area contributed by atoms with Crippen LogP contribution in [-0.2, 0) is 131 Å². The fourth-order valence-corrected chi connectivity index (χ4v) is 16.4. The van der Waals surface area contributed by atoms with Crippen molar-refractivity contribution < 1.29 is 70.5 Å². The number of ether oxygens (including phenoxy) is 2. The molecule has 0 spiro atoms. The average Bonchev–Trinajstić information content (AvgIpc) is 1.78. The van der Waals surface area contributed by atoms with Gasteiger partial charge in [0.1, 0.15) is 29.0 Å². The molecule has 714 valence electrons. The summed E-state index contributed by atoms with van der Waals surface area (Å²) < 4.78 is 67.6. The van der Waals surface area contributed by atoms with Crippen LogP contribution >= 0.6 is 31.9 Å². The number of carbonyl (C=O) groups excluding carboxylic acids is 2. The summed E-state index contributed by atoms with van der Waals surface area (Å²) in [7, 11) is -5.09. The number of ketones is 2. The van der Waals surface area contributed by atoms with Crippen LogP contribution < -0.4 is 11.1 Å². The van der Waals surface area contributed by atoms with Crippen molar-refractivity contribution in [3.05, 3.63) is 144 Å². The number of imidazole rings is 6. The number of aliphatic hydroxyl groups is 5. The fraction of sp³-hybridized carbons (Fsp3) is 0.659. The van der Waals surface area contributed by atoms with E-state index in [9.17, 15) is 18.0 Å². The van der Waals surface area contributed by atoms with E-state index in [-0.39, 0.29) is 67.7 Å². The standard InChI is InChI=1S/C15H28N2OSi.C14H27N3OSi.C14H23N3OSi.C10H16N2O3S.C9H14N2O.C8H9N3O.C6H13BrO3.C4H7BrO2.C4H5N3.C4H8O2/c1-15(2,3)19(4,5)18-11-9-13-12-17-10-7-6-8-14(17)16-13;2*1-14(2,3)19(4,5)18-10-7-12-11-17-9-6-8-15-13(17)16-12;1-16(13,14)15-7-5-9-8-12-6-3-2-4-10(12)11-9;12-6-4-8-7-11-5-2-1-3-9(11)10-8;12-5-2-7-6-11-4-1-3-9-8(11)10-7;1-9-6(5-7,10-2)3-4-8;5-3-4(7)1-2-6;5-4-6-2-1-3-7-4;1-4(6)2-3-5/h12H,6-11H2,1-5H3;11H,6-10H2,1-5H3,(H,15,16);6,8-9,11H,7,10H2,1-5H3;8H,2-7H2,1H3;7,12H,1-6H2;1,3-4,6,12H,2,5H2;8H,3-5H2,1-2H3;6H,1-3H2;1-3H,(H2,5,6,7);5H,2-3H2,1H3. The van der Waals surface area contributed by atoms with Crippen LogP contribution in [0.5, 0.6) is 0 Å². The minimum atomic E-state index is -3.33. The summed E-state index contributed by atoms with van der Waals surface area (Å²) in [5.41, 5.74) is 11.3. The van der Waals surface area contributed by atoms with E-state index < -0.39 is 40.9 Å². The van der Waals surface area contributed by atoms with Crippen LogP contribution in [0, 0.1) is 0 Å². The molecule has 0 fully saturated rings. The van der Waals surface area contributed by atoms with E-state index in [0.29, 0.717) is 59.5 Å². The summed E-state index contributed by atoms with van der Waals surface area (Å²) in [5, 5.41) is 47.2. The molecular formula is C88H150Br2N18O15SSi3. The molecule has 9 aromatic rings. The van der Waals surface area contributed by atoms with Crippen LogP contribution in [-0.4, -0.2) is 250 Å². The number of aliphatic hydroxyl groups excluding tert-OH is 5. The minimum Gasteiger partial charge on any atom is -0.416 e. The molecule has 33 nitrogen and oxygen atoms in total. The number of fused-ring (bicyclic) bond motifs is 6. The van der Waals surface area contributed by atoms with E-state index in [1.807, 2.05) is 51.9 Å². The van der Waals surface area contributed by atoms with Gasteiger partial charge in [-0.05, 0) is 124 Å². The normalized spacial score (nSPS) is 13.7. The highest BCUT2D eigenvalue weighted by atomic mass is 79.9. The number of nitrogens with two attached hydrogens (primary N) is 1. The maximum atomic E-state index is 10.8. The quantitative estimate of drug-likeness (QED) is 0.00951. The highest BCUT2D eigenvalue weighted by molar-refractivity contribution is 9.09. The number of aryl methyl sites for hydroxylation is 7. The van der Waals surface area contributed by atoms with Gasteiger partial charge in [-0.1, -0.05) is 94.2 Å². The van der Waals surface area contributed by atoms with Crippen molar-refractivity contribution in [1.82, 2.24) is 76.9 Å². The monoisotopic (exact) mass is 1970 g/mol. The summed E-state index contributed by atoms with van der Waals surface area (Å²) >= 11 is 6.19. The van der Waals surface area contributed by atoms with Crippen LogP contribution in [0.4, 0.5) is 11.9 Å². The maximum Gasteiger partial charge on any atom is 0.264 e. The van der Waals surface area contributed by atoms with Crippen molar-refractivity contribution in [2.24, 2.45) is 0 Å². The molecule has 4 aliphatic heterocycles. The summed E-state index contributed by atoms with van der Waals surface area (Å²) in [6.07, 6.45) is 41.5. The number of methoxy groups -OCH3 is 2. The van der Waals surface area contributed by atoms with Crippen LogP contribution in [0.1, 0.15) is 185 Å². The smallest absolute Gasteiger partial charge is 0.264 e. The summed E-state index contributed by atoms with van der Waals surface area (Å²) in [5.74, 6) is 5.79. The second-order valence-corrected chi connectivity index (χ2v) is 52.9. The molecule has 0 unspecified atom stereocenters. The Kier molecular flexibility index (Phi) is 50.4. The van der Waals surface area contributed by atoms with E-state index in [1.165, 1.54) is 69.2 Å². The van der Waals surface area contributed by atoms with E-state index in [1.54, 1.807) is 45.1 Å². The molecule has 0 aromatic carbocycles. The van der Waals surface area contributed by atoms with Gasteiger partial charge >= 0.3 is 0 Å². The Morgan fingerprint density at radius 3 is 1.15 bits per heavy atom. The molecule has 0 bridgehead atoms. The molecule has 0 aliphatic carbocycles. The van der Waals surface area contributed by atoms with Gasteiger partial charge in [-0.3, -0.25) is 22.6 Å². The van der Waals surface area contributed by atoms with Gasteiger partial charge in [0, 0.05) is 251 Å². The lowest BCUT2D eigenvalue weighted by atomic mass is 10.2. The maximum absolute atomic E-state index is 10.8. The number of Topliss-reactive ketones (excluding diaryl/α,β-unsaturated/α-hetero) is 2. The first-order chi connectivity index (χ1) is 59.9. The van der Waals surface area contributed by atoms with Gasteiger partial charge in [-0.25, -0.2) is 49.8 Å². The van der Waals surface area contributed by atoms with Crippen molar-refractivity contribution in [3.63, 3.8) is 0 Å². The first-order valence-corrected chi connectivity index (χ1v) is 56.8. The molecule has 13 rings (SSSR count). The molecular weight excluding hydrogens is 1830 g/mol. The second-order valence-electron chi connectivity index (χ2n) is 35.7. The lowest BCUT2D eigenvalue weighted by molar-refractivity contribution is -0.196. The number of carbonyl (C=O) groups is 2. The highest BCUT2D eigenvalue weighted by Crippen LogP contribution is 2.39. The van der Waals surface area contributed by atoms with Crippen LogP contribution in [0.25, 0.3) is 11.6 Å². The number of nitrogen functional groups attached to an aromatic ring is 1. The predicted molar refractivity (Wildman–Crippen MR) is 515 cm³/mol. The van der Waals surface area contributed by atoms with E-state index >= 15 is 0 Å². The van der Waals surface area contributed by atoms with E-state index in [4.69, 9.17) is 59.0 Å². The highest BCUT2D eigenvalue weighted by Gasteiger charge is 2.39. The number of rotatable bonds is 30. The Hall–Kier alpha value is -6.78. The van der Waals surface area contributed by atoms with Gasteiger partial charge in [0.25, 0.3) is 10.1 Å². The van der Waals surface area contributed by atoms with Gasteiger partial charge in [0.15, 0.2) is 30.7 Å². The second kappa shape index (κ2) is 56.8. The number of nitrogens with zero attached hydrogens (tertiary/aromatic N) is 16. The van der Waals surface area contributed by atoms with Gasteiger partial charge in [0.2, 0.25) is 23.5 Å². The minimum absolute atomic E-state index is 0.0185. The number of alkyl halides is 2. The molecule has 0 amide bonds. The zero-order valence-corrected chi connectivity index (χ0v) is 86.1. The van der Waals surface area contributed by atoms with Crippen molar-refractivity contribution >= 4 is 102 Å².